The molecule has 1 aliphatic rings. The monoisotopic (exact) mass is 361 g/mol. The SMILES string of the molecule is CC(=O)N[C@H]1[C@H]([C@H](O)[C@H](O)CO)OC(C(=O)O)=C[C@@H]1NC(=O)[C@H](C)N. The first-order chi connectivity index (χ1) is 11.6. The molecule has 11 heteroatoms. The van der Waals surface area contributed by atoms with E-state index in [1.54, 1.807) is 0 Å². The van der Waals surface area contributed by atoms with E-state index in [2.05, 4.69) is 10.6 Å². The van der Waals surface area contributed by atoms with Crippen molar-refractivity contribution >= 4 is 17.8 Å². The summed E-state index contributed by atoms with van der Waals surface area (Å²) in [6.07, 6.45) is -3.78. The first-order valence-corrected chi connectivity index (χ1v) is 7.50. The number of aliphatic hydroxyl groups is 3. The summed E-state index contributed by atoms with van der Waals surface area (Å²) < 4.78 is 5.16. The quantitative estimate of drug-likeness (QED) is 0.240. The fourth-order valence-electron chi connectivity index (χ4n) is 2.29. The van der Waals surface area contributed by atoms with Gasteiger partial charge in [-0.1, -0.05) is 0 Å². The maximum absolute atomic E-state index is 11.9. The van der Waals surface area contributed by atoms with Gasteiger partial charge in [0, 0.05) is 6.92 Å². The molecule has 0 bridgehead atoms. The number of carbonyl (C=O) groups excluding carboxylic acids is 2. The summed E-state index contributed by atoms with van der Waals surface area (Å²) in [5.74, 6) is -3.24. The van der Waals surface area contributed by atoms with Crippen LogP contribution in [0.5, 0.6) is 0 Å². The highest BCUT2D eigenvalue weighted by molar-refractivity contribution is 5.86. The van der Waals surface area contributed by atoms with E-state index in [-0.39, 0.29) is 0 Å². The van der Waals surface area contributed by atoms with Gasteiger partial charge < -0.3 is 41.5 Å². The molecule has 1 aliphatic heterocycles. The Hall–Kier alpha value is -2.21. The third-order valence-corrected chi connectivity index (χ3v) is 3.56. The van der Waals surface area contributed by atoms with Crippen molar-refractivity contribution in [2.45, 2.75) is 50.3 Å². The van der Waals surface area contributed by atoms with Gasteiger partial charge in [0.1, 0.15) is 18.3 Å². The number of hydrogen-bond acceptors (Lipinski definition) is 8. The molecule has 8 N–H and O–H groups in total. The van der Waals surface area contributed by atoms with Gasteiger partial charge in [-0.2, -0.15) is 0 Å². The van der Waals surface area contributed by atoms with Crippen molar-refractivity contribution in [2.24, 2.45) is 5.73 Å². The third kappa shape index (κ3) is 5.39. The van der Waals surface area contributed by atoms with Crippen LogP contribution < -0.4 is 16.4 Å². The van der Waals surface area contributed by atoms with Crippen LogP contribution in [-0.2, 0) is 19.1 Å². The number of carbonyl (C=O) groups is 3. The summed E-state index contributed by atoms with van der Waals surface area (Å²) in [7, 11) is 0. The minimum Gasteiger partial charge on any atom is -0.478 e. The highest BCUT2D eigenvalue weighted by Crippen LogP contribution is 2.23. The molecule has 1 rings (SSSR count). The second kappa shape index (κ2) is 8.76. The standard InChI is InChI=1S/C14H23N3O8/c1-5(15)13(22)17-7-3-9(14(23)24)25-12(10(7)16-6(2)19)11(21)8(20)4-18/h3,5,7-8,10-12,18,20-21H,4,15H2,1-2H3,(H,16,19)(H,17,22)(H,23,24)/t5-,7-,8+,10+,11+,12+/m0/s1. The molecule has 0 aromatic heterocycles. The molecule has 0 aromatic rings. The van der Waals surface area contributed by atoms with Crippen molar-refractivity contribution in [3.8, 4) is 0 Å². The zero-order valence-electron chi connectivity index (χ0n) is 13.7. The van der Waals surface area contributed by atoms with Gasteiger partial charge in [0.25, 0.3) is 0 Å². The predicted octanol–water partition coefficient (Wildman–Crippen LogP) is -3.60. The maximum Gasteiger partial charge on any atom is 0.370 e. The largest absolute Gasteiger partial charge is 0.478 e. The number of amides is 2. The van der Waals surface area contributed by atoms with Crippen LogP contribution >= 0.6 is 0 Å². The topological polar surface area (TPSA) is 191 Å². The minimum atomic E-state index is -1.74. The summed E-state index contributed by atoms with van der Waals surface area (Å²) in [6, 6.07) is -3.10. The number of nitrogens with one attached hydrogen (secondary N) is 2. The molecule has 0 unspecified atom stereocenters. The maximum atomic E-state index is 11.9. The van der Waals surface area contributed by atoms with Crippen molar-refractivity contribution in [3.63, 3.8) is 0 Å². The van der Waals surface area contributed by atoms with Crippen LogP contribution in [0.2, 0.25) is 0 Å². The van der Waals surface area contributed by atoms with Gasteiger partial charge in [0.05, 0.1) is 24.7 Å². The highest BCUT2D eigenvalue weighted by Gasteiger charge is 2.44. The summed E-state index contributed by atoms with van der Waals surface area (Å²) in [4.78, 5) is 34.6. The molecule has 11 nitrogen and oxygen atoms in total. The van der Waals surface area contributed by atoms with Crippen LogP contribution in [0.3, 0.4) is 0 Å². The van der Waals surface area contributed by atoms with Gasteiger partial charge in [-0.25, -0.2) is 4.79 Å². The van der Waals surface area contributed by atoms with E-state index in [1.165, 1.54) is 13.8 Å². The lowest BCUT2D eigenvalue weighted by Crippen LogP contribution is -2.64. The zero-order chi connectivity index (χ0) is 19.3. The Morgan fingerprint density at radius 3 is 2.36 bits per heavy atom. The molecule has 0 fully saturated rings. The molecule has 6 atom stereocenters. The van der Waals surface area contributed by atoms with Crippen molar-refractivity contribution in [1.82, 2.24) is 10.6 Å². The van der Waals surface area contributed by atoms with Gasteiger partial charge in [-0.3, -0.25) is 9.59 Å². The van der Waals surface area contributed by atoms with E-state index in [4.69, 9.17) is 20.7 Å². The van der Waals surface area contributed by atoms with Gasteiger partial charge >= 0.3 is 5.97 Å². The smallest absolute Gasteiger partial charge is 0.370 e. The second-order valence-electron chi connectivity index (χ2n) is 5.71. The number of ether oxygens (including phenoxy) is 1. The lowest BCUT2D eigenvalue weighted by molar-refractivity contribution is -0.147. The van der Waals surface area contributed by atoms with Gasteiger partial charge in [0.2, 0.25) is 17.6 Å². The summed E-state index contributed by atoms with van der Waals surface area (Å²) >= 11 is 0. The Bertz CT molecular complexity index is 550. The Labute approximate surface area is 143 Å². The van der Waals surface area contributed by atoms with Crippen molar-refractivity contribution in [2.75, 3.05) is 6.61 Å². The lowest BCUT2D eigenvalue weighted by Gasteiger charge is -2.40. The lowest BCUT2D eigenvalue weighted by atomic mass is 9.91. The van der Waals surface area contributed by atoms with Crippen molar-refractivity contribution in [1.29, 1.82) is 0 Å². The van der Waals surface area contributed by atoms with Gasteiger partial charge in [-0.15, -0.1) is 0 Å². The van der Waals surface area contributed by atoms with Crippen LogP contribution in [0, 0.1) is 0 Å². The second-order valence-corrected chi connectivity index (χ2v) is 5.71. The van der Waals surface area contributed by atoms with E-state index in [0.717, 1.165) is 6.08 Å². The van der Waals surface area contributed by atoms with Crippen LogP contribution in [-0.4, -0.2) is 81.3 Å². The molecule has 0 saturated heterocycles. The van der Waals surface area contributed by atoms with Crippen LogP contribution in [0.25, 0.3) is 0 Å². The molecule has 25 heavy (non-hydrogen) atoms. The molecular weight excluding hydrogens is 338 g/mol. The van der Waals surface area contributed by atoms with Crippen molar-refractivity contribution < 1.29 is 39.5 Å². The minimum absolute atomic E-state index is 0.545. The summed E-state index contributed by atoms with van der Waals surface area (Å²) in [5, 5.41) is 42.8. The molecule has 1 heterocycles. The van der Waals surface area contributed by atoms with E-state index in [1.807, 2.05) is 0 Å². The van der Waals surface area contributed by atoms with E-state index >= 15 is 0 Å². The molecule has 142 valence electrons. The van der Waals surface area contributed by atoms with E-state index < -0.39 is 66.6 Å². The number of aliphatic hydroxyl groups excluding tert-OH is 3. The van der Waals surface area contributed by atoms with Crippen LogP contribution in [0.4, 0.5) is 0 Å². The fourth-order valence-corrected chi connectivity index (χ4v) is 2.29. The summed E-state index contributed by atoms with van der Waals surface area (Å²) in [6.45, 7) is 1.76. The average molecular weight is 361 g/mol. The van der Waals surface area contributed by atoms with E-state index in [0.29, 0.717) is 0 Å². The molecule has 0 spiro atoms. The number of hydrogen-bond donors (Lipinski definition) is 7. The number of aliphatic carboxylic acids is 1. The molecule has 0 aromatic carbocycles. The number of carboxylic acid groups (broad SMARTS) is 1. The van der Waals surface area contributed by atoms with E-state index in [9.17, 15) is 24.6 Å². The Morgan fingerprint density at radius 1 is 1.32 bits per heavy atom. The average Bonchev–Trinajstić information content (AvgIpc) is 2.53. The number of carboxylic acids is 1. The van der Waals surface area contributed by atoms with Crippen LogP contribution in [0.1, 0.15) is 13.8 Å². The normalized spacial score (nSPS) is 26.5. The molecular formula is C14H23N3O8. The Balaban J connectivity index is 3.25. The third-order valence-electron chi connectivity index (χ3n) is 3.56. The highest BCUT2D eigenvalue weighted by atomic mass is 16.5. The number of rotatable bonds is 7. The molecule has 0 saturated carbocycles. The van der Waals surface area contributed by atoms with Gasteiger partial charge in [-0.05, 0) is 13.0 Å². The first-order valence-electron chi connectivity index (χ1n) is 7.50. The first kappa shape index (κ1) is 20.8. The predicted molar refractivity (Wildman–Crippen MR) is 82.9 cm³/mol. The van der Waals surface area contributed by atoms with Crippen LogP contribution in [0.15, 0.2) is 11.8 Å². The number of nitrogens with two attached hydrogens (primary N) is 1. The van der Waals surface area contributed by atoms with Crippen molar-refractivity contribution in [3.05, 3.63) is 11.8 Å². The van der Waals surface area contributed by atoms with Gasteiger partial charge in [0.15, 0.2) is 0 Å². The fraction of sp³-hybridized carbons (Fsp3) is 0.643. The Kier molecular flexibility index (Phi) is 7.30. The Morgan fingerprint density at radius 2 is 1.92 bits per heavy atom. The summed E-state index contributed by atoms with van der Waals surface area (Å²) in [5.41, 5.74) is 5.47. The molecule has 0 aliphatic carbocycles. The molecule has 2 amide bonds. The molecule has 0 radical (unpaired) electrons. The zero-order valence-corrected chi connectivity index (χ0v) is 13.7.